The molecule has 0 radical (unpaired) electrons. The number of likely N-dealkylation sites (tertiary alicyclic amines) is 1. The maximum Gasteiger partial charge on any atom is 0.242 e. The lowest BCUT2D eigenvalue weighted by Crippen LogP contribution is -2.45. The summed E-state index contributed by atoms with van der Waals surface area (Å²) in [5.41, 5.74) is 2.94. The van der Waals surface area contributed by atoms with Crippen molar-refractivity contribution in [3.05, 3.63) is 54.5 Å². The highest BCUT2D eigenvalue weighted by Gasteiger charge is 2.30. The summed E-state index contributed by atoms with van der Waals surface area (Å²) in [6, 6.07) is 11.5. The van der Waals surface area contributed by atoms with E-state index >= 15 is 0 Å². The Kier molecular flexibility index (Phi) is 5.76. The Labute approximate surface area is 175 Å². The van der Waals surface area contributed by atoms with Crippen molar-refractivity contribution < 1.29 is 9.59 Å². The number of benzene rings is 1. The summed E-state index contributed by atoms with van der Waals surface area (Å²) in [6.45, 7) is 2.45. The fourth-order valence-corrected chi connectivity index (χ4v) is 3.88. The number of nitrogens with zero attached hydrogens (tertiary/aromatic N) is 4. The Morgan fingerprint density at radius 1 is 1.23 bits per heavy atom. The molecule has 4 rings (SSSR count). The van der Waals surface area contributed by atoms with Crippen LogP contribution in [0.25, 0.3) is 16.9 Å². The second-order valence-corrected chi connectivity index (χ2v) is 7.52. The first-order valence-corrected chi connectivity index (χ1v) is 10.2. The van der Waals surface area contributed by atoms with Crippen molar-refractivity contribution >= 4 is 22.8 Å². The van der Waals surface area contributed by atoms with Crippen LogP contribution in [-0.4, -0.2) is 57.4 Å². The van der Waals surface area contributed by atoms with E-state index in [2.05, 4.69) is 20.6 Å². The van der Waals surface area contributed by atoms with Gasteiger partial charge in [-0.1, -0.05) is 12.1 Å². The van der Waals surface area contributed by atoms with Crippen LogP contribution < -0.4 is 10.6 Å². The van der Waals surface area contributed by atoms with Gasteiger partial charge in [-0.05, 0) is 56.6 Å². The number of para-hydroxylation sites is 2. The molecule has 1 aliphatic rings. The molecule has 8 heteroatoms. The van der Waals surface area contributed by atoms with Crippen LogP contribution in [0.3, 0.4) is 0 Å². The van der Waals surface area contributed by atoms with Crippen molar-refractivity contribution in [3.63, 3.8) is 0 Å². The molecule has 0 saturated carbocycles. The minimum absolute atomic E-state index is 0.00541. The summed E-state index contributed by atoms with van der Waals surface area (Å²) < 4.78 is 1.96. The van der Waals surface area contributed by atoms with E-state index in [1.165, 1.54) is 0 Å². The minimum atomic E-state index is -0.333. The highest BCUT2D eigenvalue weighted by molar-refractivity contribution is 5.87. The summed E-state index contributed by atoms with van der Waals surface area (Å²) in [5, 5.41) is 5.59. The number of fused-ring (bicyclic) bond motifs is 1. The Bertz CT molecular complexity index is 1060. The molecule has 3 heterocycles. The first-order valence-electron chi connectivity index (χ1n) is 10.2. The number of carbonyl (C=O) groups is 2. The van der Waals surface area contributed by atoms with Crippen molar-refractivity contribution in [1.82, 2.24) is 30.1 Å². The van der Waals surface area contributed by atoms with E-state index in [9.17, 15) is 9.59 Å². The number of rotatable bonds is 6. The molecule has 2 amide bonds. The van der Waals surface area contributed by atoms with Gasteiger partial charge in [0.2, 0.25) is 11.8 Å². The Morgan fingerprint density at radius 2 is 2.07 bits per heavy atom. The Hall–Kier alpha value is -3.26. The van der Waals surface area contributed by atoms with Gasteiger partial charge in [-0.2, -0.15) is 0 Å². The third-order valence-electron chi connectivity index (χ3n) is 5.67. The zero-order valence-electron chi connectivity index (χ0n) is 17.2. The van der Waals surface area contributed by atoms with Gasteiger partial charge in [0.25, 0.3) is 0 Å². The van der Waals surface area contributed by atoms with E-state index in [0.717, 1.165) is 35.3 Å². The number of imidazole rings is 1. The molecule has 1 fully saturated rings. The summed E-state index contributed by atoms with van der Waals surface area (Å²) in [5.74, 6) is 0.525. The molecular weight excluding hydrogens is 380 g/mol. The lowest BCUT2D eigenvalue weighted by molar-refractivity contribution is -0.134. The molecule has 8 nitrogen and oxygen atoms in total. The third kappa shape index (κ3) is 3.91. The van der Waals surface area contributed by atoms with Gasteiger partial charge in [-0.15, -0.1) is 0 Å². The molecule has 1 aliphatic heterocycles. The molecule has 1 aromatic carbocycles. The fourth-order valence-electron chi connectivity index (χ4n) is 3.88. The van der Waals surface area contributed by atoms with E-state index in [4.69, 9.17) is 0 Å². The van der Waals surface area contributed by atoms with Crippen LogP contribution in [-0.2, 0) is 9.59 Å². The molecule has 30 heavy (non-hydrogen) atoms. The standard InChI is InChI=1S/C22H26N6O2/c1-15(23-2)22(30)25-13-21(29)27-11-5-8-18(27)16-9-10-24-20(12-16)28-14-26-17-6-3-4-7-19(17)28/h3-4,6-7,9-10,12,14-15,18,23H,5,8,11,13H2,1-2H3,(H,25,30). The van der Waals surface area contributed by atoms with Gasteiger partial charge in [0.15, 0.2) is 0 Å². The lowest BCUT2D eigenvalue weighted by Gasteiger charge is -2.26. The second-order valence-electron chi connectivity index (χ2n) is 7.52. The number of hydrogen-bond acceptors (Lipinski definition) is 5. The van der Waals surface area contributed by atoms with E-state index in [1.54, 1.807) is 26.5 Å². The van der Waals surface area contributed by atoms with Crippen LogP contribution in [0.2, 0.25) is 0 Å². The summed E-state index contributed by atoms with van der Waals surface area (Å²) in [6.07, 6.45) is 5.37. The molecule has 2 aromatic heterocycles. The highest BCUT2D eigenvalue weighted by atomic mass is 16.2. The molecule has 0 bridgehead atoms. The van der Waals surface area contributed by atoms with E-state index in [0.29, 0.717) is 6.54 Å². The Balaban J connectivity index is 1.53. The van der Waals surface area contributed by atoms with Crippen LogP contribution in [0.4, 0.5) is 0 Å². The van der Waals surface area contributed by atoms with Gasteiger partial charge < -0.3 is 15.5 Å². The molecule has 2 N–H and O–H groups in total. The molecule has 156 valence electrons. The molecule has 3 aromatic rings. The van der Waals surface area contributed by atoms with Crippen LogP contribution in [0, 0.1) is 0 Å². The molecule has 2 unspecified atom stereocenters. The molecule has 1 saturated heterocycles. The van der Waals surface area contributed by atoms with Crippen molar-refractivity contribution in [3.8, 4) is 5.82 Å². The maximum absolute atomic E-state index is 12.8. The normalized spacial score (nSPS) is 17.3. The first-order chi connectivity index (χ1) is 14.6. The largest absolute Gasteiger partial charge is 0.346 e. The van der Waals surface area contributed by atoms with Gasteiger partial charge in [0, 0.05) is 12.7 Å². The quantitative estimate of drug-likeness (QED) is 0.651. The number of likely N-dealkylation sites (N-methyl/N-ethyl adjacent to an activating group) is 1. The van der Waals surface area contributed by atoms with Crippen LogP contribution >= 0.6 is 0 Å². The SMILES string of the molecule is CNC(C)C(=O)NCC(=O)N1CCCC1c1ccnc(-n2cnc3ccccc32)c1. The topological polar surface area (TPSA) is 92.2 Å². The van der Waals surface area contributed by atoms with Gasteiger partial charge in [0.1, 0.15) is 12.1 Å². The number of pyridine rings is 1. The molecular formula is C22H26N6O2. The van der Waals surface area contributed by atoms with Crippen LogP contribution in [0.5, 0.6) is 0 Å². The van der Waals surface area contributed by atoms with Crippen molar-refractivity contribution in [2.45, 2.75) is 31.8 Å². The lowest BCUT2D eigenvalue weighted by atomic mass is 10.1. The van der Waals surface area contributed by atoms with E-state index in [-0.39, 0.29) is 30.4 Å². The molecule has 2 atom stereocenters. The van der Waals surface area contributed by atoms with E-state index in [1.807, 2.05) is 45.9 Å². The average molecular weight is 406 g/mol. The van der Waals surface area contributed by atoms with Gasteiger partial charge >= 0.3 is 0 Å². The minimum Gasteiger partial charge on any atom is -0.346 e. The van der Waals surface area contributed by atoms with Crippen molar-refractivity contribution in [2.75, 3.05) is 20.1 Å². The fraction of sp³-hybridized carbons (Fsp3) is 0.364. The van der Waals surface area contributed by atoms with E-state index < -0.39 is 0 Å². The summed E-state index contributed by atoms with van der Waals surface area (Å²) in [7, 11) is 1.72. The average Bonchev–Trinajstić information content (AvgIpc) is 3.44. The number of nitrogens with one attached hydrogen (secondary N) is 2. The highest BCUT2D eigenvalue weighted by Crippen LogP contribution is 2.32. The van der Waals surface area contributed by atoms with Gasteiger partial charge in [-0.3, -0.25) is 14.2 Å². The van der Waals surface area contributed by atoms with Crippen molar-refractivity contribution in [2.24, 2.45) is 0 Å². The summed E-state index contributed by atoms with van der Waals surface area (Å²) in [4.78, 5) is 35.6. The van der Waals surface area contributed by atoms with Gasteiger partial charge in [-0.25, -0.2) is 9.97 Å². The maximum atomic E-state index is 12.8. The molecule has 0 aliphatic carbocycles. The van der Waals surface area contributed by atoms with Crippen molar-refractivity contribution in [1.29, 1.82) is 0 Å². The number of hydrogen-bond donors (Lipinski definition) is 2. The predicted octanol–water partition coefficient (Wildman–Crippen LogP) is 1.81. The number of aromatic nitrogens is 3. The van der Waals surface area contributed by atoms with Gasteiger partial charge in [0.05, 0.1) is 29.7 Å². The zero-order chi connectivity index (χ0) is 21.1. The monoisotopic (exact) mass is 406 g/mol. The smallest absolute Gasteiger partial charge is 0.242 e. The number of amides is 2. The first kappa shape index (κ1) is 20.0. The zero-order valence-corrected chi connectivity index (χ0v) is 17.2. The van der Waals surface area contributed by atoms with Crippen LogP contribution in [0.15, 0.2) is 48.9 Å². The van der Waals surface area contributed by atoms with Crippen LogP contribution in [0.1, 0.15) is 31.4 Å². The summed E-state index contributed by atoms with van der Waals surface area (Å²) >= 11 is 0. The third-order valence-corrected chi connectivity index (χ3v) is 5.67. The second kappa shape index (κ2) is 8.62. The predicted molar refractivity (Wildman–Crippen MR) is 114 cm³/mol. The number of carbonyl (C=O) groups excluding carboxylic acids is 2. The Morgan fingerprint density at radius 3 is 2.90 bits per heavy atom. The molecule has 0 spiro atoms.